The van der Waals surface area contributed by atoms with E-state index in [-0.39, 0.29) is 0 Å². The number of nitriles is 1. The summed E-state index contributed by atoms with van der Waals surface area (Å²) < 4.78 is 6.53. The number of hydrogen-bond acceptors (Lipinski definition) is 4. The van der Waals surface area contributed by atoms with E-state index in [1.54, 1.807) is 17.4 Å². The first-order valence-electron chi connectivity index (χ1n) is 5.42. The molecule has 92 valence electrons. The lowest BCUT2D eigenvalue weighted by atomic mass is 10.2. The lowest BCUT2D eigenvalue weighted by Crippen LogP contribution is -2.02. The maximum atomic E-state index is 9.01. The second-order valence-electron chi connectivity index (χ2n) is 3.71. The molecule has 1 heterocycles. The quantitative estimate of drug-likeness (QED) is 0.862. The minimum atomic E-state index is 0.547. The molecule has 2 aromatic rings. The zero-order valence-electron chi connectivity index (χ0n) is 9.81. The van der Waals surface area contributed by atoms with Gasteiger partial charge in [0.2, 0.25) is 0 Å². The Morgan fingerprint density at radius 2 is 2.33 bits per heavy atom. The van der Waals surface area contributed by atoms with Crippen molar-refractivity contribution in [3.05, 3.63) is 44.3 Å². The minimum Gasteiger partial charge on any atom is -0.492 e. The van der Waals surface area contributed by atoms with E-state index in [4.69, 9.17) is 10.00 Å². The zero-order chi connectivity index (χ0) is 13.0. The van der Waals surface area contributed by atoms with Gasteiger partial charge in [-0.2, -0.15) is 5.26 Å². The predicted octanol–water partition coefficient (Wildman–Crippen LogP) is 3.71. The molecule has 3 nitrogen and oxygen atoms in total. The average Bonchev–Trinajstić information content (AvgIpc) is 2.77. The Labute approximate surface area is 118 Å². The van der Waals surface area contributed by atoms with E-state index in [0.29, 0.717) is 17.9 Å². The molecule has 18 heavy (non-hydrogen) atoms. The molecular formula is C13H11BrN2OS. The normalized spacial score (nSPS) is 10.1. The Morgan fingerprint density at radius 3 is 3.00 bits per heavy atom. The number of aryl methyl sites for hydroxylation is 1. The molecule has 0 spiro atoms. The molecule has 1 aromatic carbocycles. The van der Waals surface area contributed by atoms with Crippen LogP contribution >= 0.6 is 27.3 Å². The Morgan fingerprint density at radius 1 is 1.50 bits per heavy atom. The van der Waals surface area contributed by atoms with Crippen molar-refractivity contribution in [2.75, 3.05) is 6.61 Å². The third-order valence-corrected chi connectivity index (χ3v) is 3.98. The average molecular weight is 323 g/mol. The molecule has 0 radical (unpaired) electrons. The van der Waals surface area contributed by atoms with Crippen LogP contribution in [0, 0.1) is 18.3 Å². The molecule has 1 aromatic heterocycles. The maximum absolute atomic E-state index is 9.01. The SMILES string of the molecule is Cc1ncsc1CCOc1ccc(Br)cc1C#N. The lowest BCUT2D eigenvalue weighted by molar-refractivity contribution is 0.321. The lowest BCUT2D eigenvalue weighted by Gasteiger charge is -2.07. The van der Waals surface area contributed by atoms with Crippen LogP contribution in [0.1, 0.15) is 16.1 Å². The Hall–Kier alpha value is -1.38. The summed E-state index contributed by atoms with van der Waals surface area (Å²) in [4.78, 5) is 5.42. The number of rotatable bonds is 4. The summed E-state index contributed by atoms with van der Waals surface area (Å²) in [6.07, 6.45) is 0.817. The highest BCUT2D eigenvalue weighted by molar-refractivity contribution is 9.10. The van der Waals surface area contributed by atoms with Crippen LogP contribution < -0.4 is 4.74 Å². The molecule has 0 aliphatic heterocycles. The second kappa shape index (κ2) is 5.98. The predicted molar refractivity (Wildman–Crippen MR) is 74.9 cm³/mol. The van der Waals surface area contributed by atoms with Crippen molar-refractivity contribution in [2.24, 2.45) is 0 Å². The molecule has 0 fully saturated rings. The molecule has 0 bridgehead atoms. The van der Waals surface area contributed by atoms with Crippen LogP contribution in [0.15, 0.2) is 28.2 Å². The van der Waals surface area contributed by atoms with Crippen molar-refractivity contribution in [3.8, 4) is 11.8 Å². The molecule has 5 heteroatoms. The fourth-order valence-corrected chi connectivity index (χ4v) is 2.66. The number of hydrogen-bond donors (Lipinski definition) is 0. The topological polar surface area (TPSA) is 45.9 Å². The van der Waals surface area contributed by atoms with Gasteiger partial charge < -0.3 is 4.74 Å². The third kappa shape index (κ3) is 3.09. The molecule has 0 saturated carbocycles. The van der Waals surface area contributed by atoms with Crippen LogP contribution in [0.3, 0.4) is 0 Å². The van der Waals surface area contributed by atoms with Crippen LogP contribution in [-0.4, -0.2) is 11.6 Å². The molecule has 0 unspecified atom stereocenters. The van der Waals surface area contributed by atoms with Crippen molar-refractivity contribution < 1.29 is 4.74 Å². The van der Waals surface area contributed by atoms with E-state index < -0.39 is 0 Å². The van der Waals surface area contributed by atoms with E-state index in [9.17, 15) is 0 Å². The smallest absolute Gasteiger partial charge is 0.137 e. The number of halogens is 1. The number of nitrogens with zero attached hydrogens (tertiary/aromatic N) is 2. The van der Waals surface area contributed by atoms with Gasteiger partial charge in [0, 0.05) is 15.8 Å². The summed E-state index contributed by atoms with van der Waals surface area (Å²) in [6.45, 7) is 2.55. The van der Waals surface area contributed by atoms with Gasteiger partial charge in [0.05, 0.1) is 23.4 Å². The van der Waals surface area contributed by atoms with E-state index in [1.165, 1.54) is 4.88 Å². The number of ether oxygens (including phenoxy) is 1. The number of benzene rings is 1. The van der Waals surface area contributed by atoms with Crippen molar-refractivity contribution in [1.29, 1.82) is 5.26 Å². The number of thiazole rings is 1. The van der Waals surface area contributed by atoms with Crippen LogP contribution in [0.2, 0.25) is 0 Å². The van der Waals surface area contributed by atoms with E-state index in [0.717, 1.165) is 16.6 Å². The maximum Gasteiger partial charge on any atom is 0.137 e. The fourth-order valence-electron chi connectivity index (χ4n) is 1.54. The summed E-state index contributed by atoms with van der Waals surface area (Å²) in [5.41, 5.74) is 3.44. The summed E-state index contributed by atoms with van der Waals surface area (Å²) >= 11 is 4.97. The van der Waals surface area contributed by atoms with Gasteiger partial charge in [-0.25, -0.2) is 4.98 Å². The van der Waals surface area contributed by atoms with Crippen LogP contribution in [0.4, 0.5) is 0 Å². The third-order valence-electron chi connectivity index (χ3n) is 2.49. The van der Waals surface area contributed by atoms with Crippen LogP contribution in [0.5, 0.6) is 5.75 Å². The molecule has 2 rings (SSSR count). The highest BCUT2D eigenvalue weighted by atomic mass is 79.9. The van der Waals surface area contributed by atoms with Crippen molar-refractivity contribution >= 4 is 27.3 Å². The Balaban J connectivity index is 1.99. The first-order chi connectivity index (χ1) is 8.70. The van der Waals surface area contributed by atoms with E-state index in [1.807, 2.05) is 24.6 Å². The van der Waals surface area contributed by atoms with Gasteiger partial charge in [-0.05, 0) is 25.1 Å². The molecule has 0 atom stereocenters. The summed E-state index contributed by atoms with van der Waals surface area (Å²) in [5.74, 6) is 0.628. The molecule has 0 amide bonds. The van der Waals surface area contributed by atoms with Crippen molar-refractivity contribution in [1.82, 2.24) is 4.98 Å². The van der Waals surface area contributed by atoms with E-state index in [2.05, 4.69) is 27.0 Å². The van der Waals surface area contributed by atoms with Crippen molar-refractivity contribution in [3.63, 3.8) is 0 Å². The van der Waals surface area contributed by atoms with Gasteiger partial charge >= 0.3 is 0 Å². The largest absolute Gasteiger partial charge is 0.492 e. The molecule has 0 aliphatic carbocycles. The first-order valence-corrected chi connectivity index (χ1v) is 7.09. The summed E-state index contributed by atoms with van der Waals surface area (Å²) in [7, 11) is 0. The molecule has 0 saturated heterocycles. The van der Waals surface area contributed by atoms with Gasteiger partial charge in [0.25, 0.3) is 0 Å². The van der Waals surface area contributed by atoms with Gasteiger partial charge in [-0.3, -0.25) is 0 Å². The first kappa shape index (κ1) is 13.1. The monoisotopic (exact) mass is 322 g/mol. The summed E-state index contributed by atoms with van der Waals surface area (Å²) in [6, 6.07) is 7.56. The Kier molecular flexibility index (Phi) is 4.34. The number of aromatic nitrogens is 1. The standard InChI is InChI=1S/C13H11BrN2OS/c1-9-13(18-8-16-9)4-5-17-12-3-2-11(14)6-10(12)7-15/h2-3,6,8H,4-5H2,1H3. The van der Waals surface area contributed by atoms with Gasteiger partial charge in [-0.1, -0.05) is 15.9 Å². The molecule has 0 aliphatic rings. The zero-order valence-corrected chi connectivity index (χ0v) is 12.2. The van der Waals surface area contributed by atoms with Gasteiger partial charge in [0.1, 0.15) is 11.8 Å². The van der Waals surface area contributed by atoms with Crippen LogP contribution in [-0.2, 0) is 6.42 Å². The van der Waals surface area contributed by atoms with Crippen LogP contribution in [0.25, 0.3) is 0 Å². The highest BCUT2D eigenvalue weighted by Crippen LogP contribution is 2.23. The summed E-state index contributed by atoms with van der Waals surface area (Å²) in [5, 5.41) is 9.01. The minimum absolute atomic E-state index is 0.547. The fraction of sp³-hybridized carbons (Fsp3) is 0.231. The molecule has 0 N–H and O–H groups in total. The van der Waals surface area contributed by atoms with Gasteiger partial charge in [-0.15, -0.1) is 11.3 Å². The highest BCUT2D eigenvalue weighted by Gasteiger charge is 2.05. The van der Waals surface area contributed by atoms with Gasteiger partial charge in [0.15, 0.2) is 0 Å². The molecular weight excluding hydrogens is 312 g/mol. The Bertz CT molecular complexity index is 589. The second-order valence-corrected chi connectivity index (χ2v) is 5.57. The van der Waals surface area contributed by atoms with E-state index >= 15 is 0 Å². The van der Waals surface area contributed by atoms with Crippen molar-refractivity contribution in [2.45, 2.75) is 13.3 Å².